The Morgan fingerprint density at radius 3 is 2.69 bits per heavy atom. The zero-order valence-electron chi connectivity index (χ0n) is 9.65. The standard InChI is InChI=1S/C13H19NO2/c1-11(15)6-5-9-14-13(16)10-12-7-3-2-4-8-12/h2-4,7-8,11,15H,5-6,9-10H2,1H3,(H,14,16). The minimum Gasteiger partial charge on any atom is -0.393 e. The van der Waals surface area contributed by atoms with E-state index in [9.17, 15) is 4.79 Å². The van der Waals surface area contributed by atoms with Gasteiger partial charge in [-0.3, -0.25) is 4.79 Å². The molecule has 0 saturated carbocycles. The molecule has 0 aromatic heterocycles. The lowest BCUT2D eigenvalue weighted by atomic mass is 10.1. The average Bonchev–Trinajstić information content (AvgIpc) is 2.25. The van der Waals surface area contributed by atoms with Crippen LogP contribution in [0.2, 0.25) is 0 Å². The van der Waals surface area contributed by atoms with Gasteiger partial charge in [0.25, 0.3) is 0 Å². The highest BCUT2D eigenvalue weighted by Gasteiger charge is 2.02. The molecule has 1 aromatic rings. The van der Waals surface area contributed by atoms with E-state index in [0.29, 0.717) is 13.0 Å². The Labute approximate surface area is 96.5 Å². The van der Waals surface area contributed by atoms with Crippen LogP contribution in [0.4, 0.5) is 0 Å². The number of hydrogen-bond acceptors (Lipinski definition) is 2. The second-order valence-corrected chi connectivity index (χ2v) is 4.00. The van der Waals surface area contributed by atoms with E-state index in [2.05, 4.69) is 5.32 Å². The van der Waals surface area contributed by atoms with Crippen molar-refractivity contribution in [3.63, 3.8) is 0 Å². The number of nitrogens with one attached hydrogen (secondary N) is 1. The second kappa shape index (κ2) is 7.01. The molecule has 3 heteroatoms. The number of aliphatic hydroxyl groups is 1. The van der Waals surface area contributed by atoms with E-state index < -0.39 is 0 Å². The number of aliphatic hydroxyl groups excluding tert-OH is 1. The first-order valence-electron chi connectivity index (χ1n) is 5.67. The highest BCUT2D eigenvalue weighted by atomic mass is 16.3. The van der Waals surface area contributed by atoms with Gasteiger partial charge in [-0.05, 0) is 25.3 Å². The van der Waals surface area contributed by atoms with Crippen LogP contribution in [-0.4, -0.2) is 23.7 Å². The van der Waals surface area contributed by atoms with Crippen molar-refractivity contribution in [2.45, 2.75) is 32.3 Å². The largest absolute Gasteiger partial charge is 0.393 e. The lowest BCUT2D eigenvalue weighted by Gasteiger charge is -2.06. The Morgan fingerprint density at radius 1 is 1.38 bits per heavy atom. The van der Waals surface area contributed by atoms with Crippen LogP contribution < -0.4 is 5.32 Å². The Kier molecular flexibility index (Phi) is 5.57. The van der Waals surface area contributed by atoms with Gasteiger partial charge >= 0.3 is 0 Å². The second-order valence-electron chi connectivity index (χ2n) is 4.00. The Balaban J connectivity index is 2.17. The van der Waals surface area contributed by atoms with Crippen molar-refractivity contribution in [2.24, 2.45) is 0 Å². The minimum absolute atomic E-state index is 0.0387. The number of amides is 1. The van der Waals surface area contributed by atoms with Gasteiger partial charge in [0.05, 0.1) is 12.5 Å². The van der Waals surface area contributed by atoms with E-state index in [1.165, 1.54) is 0 Å². The monoisotopic (exact) mass is 221 g/mol. The zero-order valence-corrected chi connectivity index (χ0v) is 9.65. The molecule has 0 radical (unpaired) electrons. The molecule has 1 unspecified atom stereocenters. The first kappa shape index (κ1) is 12.7. The van der Waals surface area contributed by atoms with Crippen LogP contribution >= 0.6 is 0 Å². The maximum Gasteiger partial charge on any atom is 0.224 e. The summed E-state index contributed by atoms with van der Waals surface area (Å²) in [5, 5.41) is 11.9. The third-order valence-corrected chi connectivity index (χ3v) is 2.33. The molecule has 0 saturated heterocycles. The zero-order chi connectivity index (χ0) is 11.8. The number of rotatable bonds is 6. The summed E-state index contributed by atoms with van der Waals surface area (Å²) in [5.74, 6) is 0.0387. The summed E-state index contributed by atoms with van der Waals surface area (Å²) in [5.41, 5.74) is 1.02. The van der Waals surface area contributed by atoms with Crippen LogP contribution in [0.15, 0.2) is 30.3 Å². The molecule has 0 spiro atoms. The molecule has 0 bridgehead atoms. The maximum absolute atomic E-state index is 11.5. The van der Waals surface area contributed by atoms with Crippen LogP contribution in [0.5, 0.6) is 0 Å². The Hall–Kier alpha value is -1.35. The third kappa shape index (κ3) is 5.51. The van der Waals surface area contributed by atoms with Crippen molar-refractivity contribution in [3.05, 3.63) is 35.9 Å². The van der Waals surface area contributed by atoms with E-state index in [4.69, 9.17) is 5.11 Å². The number of benzene rings is 1. The highest BCUT2D eigenvalue weighted by Crippen LogP contribution is 1.99. The summed E-state index contributed by atoms with van der Waals surface area (Å²) < 4.78 is 0. The van der Waals surface area contributed by atoms with E-state index >= 15 is 0 Å². The molecule has 0 aliphatic heterocycles. The van der Waals surface area contributed by atoms with Gasteiger partial charge in [-0.15, -0.1) is 0 Å². The van der Waals surface area contributed by atoms with Crippen LogP contribution in [0.3, 0.4) is 0 Å². The summed E-state index contributed by atoms with van der Waals surface area (Å²) in [7, 11) is 0. The van der Waals surface area contributed by atoms with Crippen molar-refractivity contribution < 1.29 is 9.90 Å². The Bertz CT molecular complexity index is 309. The fourth-order valence-corrected chi connectivity index (χ4v) is 1.47. The summed E-state index contributed by atoms with van der Waals surface area (Å²) >= 11 is 0. The summed E-state index contributed by atoms with van der Waals surface area (Å²) in [6, 6.07) is 9.67. The van der Waals surface area contributed by atoms with Gasteiger partial charge < -0.3 is 10.4 Å². The van der Waals surface area contributed by atoms with Gasteiger partial charge in [0.15, 0.2) is 0 Å². The van der Waals surface area contributed by atoms with Gasteiger partial charge in [0.2, 0.25) is 5.91 Å². The fraction of sp³-hybridized carbons (Fsp3) is 0.462. The van der Waals surface area contributed by atoms with Crippen molar-refractivity contribution in [1.82, 2.24) is 5.32 Å². The molecule has 1 aromatic carbocycles. The summed E-state index contributed by atoms with van der Waals surface area (Å²) in [6.45, 7) is 2.39. The van der Waals surface area contributed by atoms with Gasteiger partial charge in [-0.1, -0.05) is 30.3 Å². The average molecular weight is 221 g/mol. The van der Waals surface area contributed by atoms with Crippen molar-refractivity contribution in [1.29, 1.82) is 0 Å². The number of carbonyl (C=O) groups is 1. The molecule has 88 valence electrons. The molecule has 0 aliphatic carbocycles. The van der Waals surface area contributed by atoms with E-state index in [0.717, 1.165) is 18.4 Å². The van der Waals surface area contributed by atoms with Crippen molar-refractivity contribution in [2.75, 3.05) is 6.54 Å². The van der Waals surface area contributed by atoms with Crippen LogP contribution in [-0.2, 0) is 11.2 Å². The predicted molar refractivity (Wildman–Crippen MR) is 64.1 cm³/mol. The highest BCUT2D eigenvalue weighted by molar-refractivity contribution is 5.78. The van der Waals surface area contributed by atoms with Gasteiger partial charge in [0, 0.05) is 6.54 Å². The molecular weight excluding hydrogens is 202 g/mol. The molecule has 3 nitrogen and oxygen atoms in total. The Morgan fingerprint density at radius 2 is 2.06 bits per heavy atom. The summed E-state index contributed by atoms with van der Waals surface area (Å²) in [4.78, 5) is 11.5. The maximum atomic E-state index is 11.5. The fourth-order valence-electron chi connectivity index (χ4n) is 1.47. The third-order valence-electron chi connectivity index (χ3n) is 2.33. The van der Waals surface area contributed by atoms with Crippen molar-refractivity contribution in [3.8, 4) is 0 Å². The first-order valence-corrected chi connectivity index (χ1v) is 5.67. The predicted octanol–water partition coefficient (Wildman–Crippen LogP) is 1.51. The SMILES string of the molecule is CC(O)CCCNC(=O)Cc1ccccc1. The smallest absolute Gasteiger partial charge is 0.224 e. The van der Waals surface area contributed by atoms with E-state index in [1.54, 1.807) is 6.92 Å². The lowest BCUT2D eigenvalue weighted by Crippen LogP contribution is -2.26. The first-order chi connectivity index (χ1) is 7.68. The van der Waals surface area contributed by atoms with Gasteiger partial charge in [-0.2, -0.15) is 0 Å². The normalized spacial score (nSPS) is 12.1. The molecule has 1 rings (SSSR count). The molecule has 2 N–H and O–H groups in total. The molecule has 0 aliphatic rings. The minimum atomic E-state index is -0.286. The topological polar surface area (TPSA) is 49.3 Å². The molecule has 0 heterocycles. The van der Waals surface area contributed by atoms with Gasteiger partial charge in [0.1, 0.15) is 0 Å². The van der Waals surface area contributed by atoms with E-state index in [1.807, 2.05) is 30.3 Å². The summed E-state index contributed by atoms with van der Waals surface area (Å²) in [6.07, 6.45) is 1.69. The number of hydrogen-bond donors (Lipinski definition) is 2. The number of carbonyl (C=O) groups excluding carboxylic acids is 1. The van der Waals surface area contributed by atoms with Crippen molar-refractivity contribution >= 4 is 5.91 Å². The molecule has 1 atom stereocenters. The lowest BCUT2D eigenvalue weighted by molar-refractivity contribution is -0.120. The van der Waals surface area contributed by atoms with Crippen LogP contribution in [0.1, 0.15) is 25.3 Å². The molecular formula is C13H19NO2. The quantitative estimate of drug-likeness (QED) is 0.715. The van der Waals surface area contributed by atoms with Crippen LogP contribution in [0, 0.1) is 0 Å². The molecule has 0 fully saturated rings. The molecule has 1 amide bonds. The molecule has 16 heavy (non-hydrogen) atoms. The van der Waals surface area contributed by atoms with Crippen LogP contribution in [0.25, 0.3) is 0 Å². The van der Waals surface area contributed by atoms with E-state index in [-0.39, 0.29) is 12.0 Å². The van der Waals surface area contributed by atoms with Gasteiger partial charge in [-0.25, -0.2) is 0 Å².